The molecule has 1 saturated carbocycles. The van der Waals surface area contributed by atoms with Crippen molar-refractivity contribution in [1.82, 2.24) is 5.32 Å². The summed E-state index contributed by atoms with van der Waals surface area (Å²) >= 11 is 0. The van der Waals surface area contributed by atoms with Gasteiger partial charge in [-0.1, -0.05) is 19.8 Å². The quantitative estimate of drug-likeness (QED) is 0.700. The summed E-state index contributed by atoms with van der Waals surface area (Å²) in [7, 11) is 0. The van der Waals surface area contributed by atoms with Crippen molar-refractivity contribution in [1.29, 1.82) is 0 Å². The van der Waals surface area contributed by atoms with Gasteiger partial charge in [-0.2, -0.15) is 0 Å². The molecular weight excluding hydrogens is 162 g/mol. The summed E-state index contributed by atoms with van der Waals surface area (Å²) < 4.78 is 0. The molecule has 13 heavy (non-hydrogen) atoms. The molecule has 2 heteroatoms. The third kappa shape index (κ3) is 4.10. The molecule has 1 fully saturated rings. The average molecular weight is 185 g/mol. The number of rotatable bonds is 4. The Morgan fingerprint density at radius 2 is 1.92 bits per heavy atom. The fraction of sp³-hybridized carbons (Fsp3) is 1.00. The van der Waals surface area contributed by atoms with Crippen LogP contribution in [0.4, 0.5) is 0 Å². The van der Waals surface area contributed by atoms with Gasteiger partial charge in [-0.25, -0.2) is 0 Å². The van der Waals surface area contributed by atoms with E-state index < -0.39 is 0 Å². The topological polar surface area (TPSA) is 32.3 Å². The third-order valence-corrected chi connectivity index (χ3v) is 3.16. The molecule has 0 radical (unpaired) electrons. The summed E-state index contributed by atoms with van der Waals surface area (Å²) in [5, 5.41) is 12.2. The highest BCUT2D eigenvalue weighted by Crippen LogP contribution is 2.27. The fourth-order valence-electron chi connectivity index (χ4n) is 1.97. The number of hydrogen-bond donors (Lipinski definition) is 2. The molecule has 1 aliphatic rings. The number of aliphatic hydroxyl groups excluding tert-OH is 1. The molecule has 0 heterocycles. The highest BCUT2D eigenvalue weighted by atomic mass is 16.3. The van der Waals surface area contributed by atoms with Gasteiger partial charge in [0.1, 0.15) is 0 Å². The van der Waals surface area contributed by atoms with Gasteiger partial charge >= 0.3 is 0 Å². The van der Waals surface area contributed by atoms with Crippen LogP contribution in [0.15, 0.2) is 0 Å². The van der Waals surface area contributed by atoms with E-state index in [0.29, 0.717) is 0 Å². The monoisotopic (exact) mass is 185 g/mol. The molecule has 0 aromatic rings. The second-order valence-corrected chi connectivity index (χ2v) is 4.62. The summed E-state index contributed by atoms with van der Waals surface area (Å²) in [5.41, 5.74) is 0. The lowest BCUT2D eigenvalue weighted by atomic mass is 9.83. The molecule has 0 aromatic carbocycles. The molecular formula is C11H23NO. The lowest BCUT2D eigenvalue weighted by Crippen LogP contribution is -2.34. The zero-order chi connectivity index (χ0) is 9.68. The van der Waals surface area contributed by atoms with Crippen molar-refractivity contribution in [2.24, 2.45) is 11.8 Å². The zero-order valence-corrected chi connectivity index (χ0v) is 8.92. The van der Waals surface area contributed by atoms with E-state index in [0.717, 1.165) is 18.4 Å². The first-order chi connectivity index (χ1) is 6.22. The summed E-state index contributed by atoms with van der Waals surface area (Å²) in [6.07, 6.45) is 5.51. The van der Waals surface area contributed by atoms with Crippen LogP contribution in [0.2, 0.25) is 0 Å². The van der Waals surface area contributed by atoms with Crippen LogP contribution in [0.1, 0.15) is 39.5 Å². The highest BCUT2D eigenvalue weighted by molar-refractivity contribution is 4.72. The van der Waals surface area contributed by atoms with Crippen molar-refractivity contribution >= 4 is 0 Å². The van der Waals surface area contributed by atoms with Gasteiger partial charge in [0.15, 0.2) is 0 Å². The highest BCUT2D eigenvalue weighted by Gasteiger charge is 2.17. The fourth-order valence-corrected chi connectivity index (χ4v) is 1.97. The summed E-state index contributed by atoms with van der Waals surface area (Å²) in [5.74, 6) is 1.79. The summed E-state index contributed by atoms with van der Waals surface area (Å²) in [6.45, 7) is 5.73. The Bertz CT molecular complexity index is 130. The molecule has 0 bridgehead atoms. The van der Waals surface area contributed by atoms with Crippen LogP contribution in [-0.2, 0) is 0 Å². The maximum absolute atomic E-state index is 8.84. The lowest BCUT2D eigenvalue weighted by Gasteiger charge is -2.27. The summed E-state index contributed by atoms with van der Waals surface area (Å²) in [6, 6.07) is 0.263. The van der Waals surface area contributed by atoms with E-state index in [9.17, 15) is 0 Å². The van der Waals surface area contributed by atoms with Crippen molar-refractivity contribution in [3.8, 4) is 0 Å². The predicted molar refractivity (Wildman–Crippen MR) is 55.7 cm³/mol. The smallest absolute Gasteiger partial charge is 0.0581 e. The van der Waals surface area contributed by atoms with Crippen LogP contribution in [0.25, 0.3) is 0 Å². The van der Waals surface area contributed by atoms with Gasteiger partial charge in [-0.15, -0.1) is 0 Å². The summed E-state index contributed by atoms with van der Waals surface area (Å²) in [4.78, 5) is 0. The molecule has 2 nitrogen and oxygen atoms in total. The van der Waals surface area contributed by atoms with Crippen LogP contribution in [-0.4, -0.2) is 24.3 Å². The van der Waals surface area contributed by atoms with Gasteiger partial charge in [0.05, 0.1) is 6.61 Å². The maximum atomic E-state index is 8.84. The Kier molecular flexibility index (Phi) is 4.74. The Hall–Kier alpha value is -0.0800. The van der Waals surface area contributed by atoms with Crippen molar-refractivity contribution in [3.05, 3.63) is 0 Å². The van der Waals surface area contributed by atoms with Gasteiger partial charge < -0.3 is 10.4 Å². The Morgan fingerprint density at radius 3 is 2.46 bits per heavy atom. The van der Waals surface area contributed by atoms with Crippen LogP contribution in [0, 0.1) is 11.8 Å². The second-order valence-electron chi connectivity index (χ2n) is 4.62. The van der Waals surface area contributed by atoms with E-state index >= 15 is 0 Å². The minimum Gasteiger partial charge on any atom is -0.395 e. The van der Waals surface area contributed by atoms with Crippen LogP contribution >= 0.6 is 0 Å². The number of nitrogens with one attached hydrogen (secondary N) is 1. The zero-order valence-electron chi connectivity index (χ0n) is 8.92. The molecule has 0 unspecified atom stereocenters. The first-order valence-electron chi connectivity index (χ1n) is 5.56. The van der Waals surface area contributed by atoms with Gasteiger partial charge in [-0.3, -0.25) is 0 Å². The van der Waals surface area contributed by atoms with Crippen molar-refractivity contribution in [2.45, 2.75) is 45.6 Å². The molecule has 1 rings (SSSR count). The molecule has 2 N–H and O–H groups in total. The number of hydrogen-bond acceptors (Lipinski definition) is 2. The van der Waals surface area contributed by atoms with Crippen molar-refractivity contribution in [3.63, 3.8) is 0 Å². The van der Waals surface area contributed by atoms with Gasteiger partial charge in [0.25, 0.3) is 0 Å². The van der Waals surface area contributed by atoms with E-state index in [2.05, 4.69) is 12.2 Å². The van der Waals surface area contributed by atoms with Crippen molar-refractivity contribution < 1.29 is 5.11 Å². The standard InChI is InChI=1S/C11H23NO/c1-9-3-5-11(6-4-9)7-12-10(2)8-13/h9-13H,3-8H2,1-2H3/t9?,10-,11?/m0/s1. The largest absolute Gasteiger partial charge is 0.395 e. The molecule has 78 valence electrons. The van der Waals surface area contributed by atoms with E-state index in [1.807, 2.05) is 6.92 Å². The Morgan fingerprint density at radius 1 is 1.31 bits per heavy atom. The predicted octanol–water partition coefficient (Wildman–Crippen LogP) is 1.78. The molecule has 0 aromatic heterocycles. The SMILES string of the molecule is CC1CCC(CN[C@@H](C)CO)CC1. The van der Waals surface area contributed by atoms with E-state index in [1.165, 1.54) is 25.7 Å². The normalized spacial score (nSPS) is 31.6. The second kappa shape index (κ2) is 5.61. The maximum Gasteiger partial charge on any atom is 0.0581 e. The number of aliphatic hydroxyl groups is 1. The molecule has 0 saturated heterocycles. The molecule has 1 aliphatic carbocycles. The molecule has 1 atom stereocenters. The lowest BCUT2D eigenvalue weighted by molar-refractivity contribution is 0.229. The average Bonchev–Trinajstić information content (AvgIpc) is 2.16. The molecule has 0 spiro atoms. The van der Waals surface area contributed by atoms with Crippen LogP contribution < -0.4 is 5.32 Å². The minimum atomic E-state index is 0.253. The van der Waals surface area contributed by atoms with E-state index in [1.54, 1.807) is 0 Å². The van der Waals surface area contributed by atoms with Gasteiger partial charge in [-0.05, 0) is 38.1 Å². The Labute approximate surface area is 81.7 Å². The first-order valence-corrected chi connectivity index (χ1v) is 5.56. The Balaban J connectivity index is 2.08. The van der Waals surface area contributed by atoms with Crippen LogP contribution in [0.3, 0.4) is 0 Å². The van der Waals surface area contributed by atoms with Crippen LogP contribution in [0.5, 0.6) is 0 Å². The molecule has 0 aliphatic heterocycles. The minimum absolute atomic E-state index is 0.253. The first kappa shape index (κ1) is 11.0. The van der Waals surface area contributed by atoms with Gasteiger partial charge in [0, 0.05) is 6.04 Å². The van der Waals surface area contributed by atoms with Crippen molar-refractivity contribution in [2.75, 3.05) is 13.2 Å². The van der Waals surface area contributed by atoms with E-state index in [4.69, 9.17) is 5.11 Å². The molecule has 0 amide bonds. The van der Waals surface area contributed by atoms with E-state index in [-0.39, 0.29) is 12.6 Å². The third-order valence-electron chi connectivity index (χ3n) is 3.16. The van der Waals surface area contributed by atoms with Gasteiger partial charge in [0.2, 0.25) is 0 Å².